The van der Waals surface area contributed by atoms with Gasteiger partial charge in [0, 0.05) is 20.8 Å². The van der Waals surface area contributed by atoms with Gasteiger partial charge < -0.3 is 9.47 Å². The smallest absolute Gasteiger partial charge is 0.0994 e. The molecule has 0 atom stereocenters. The molecule has 0 saturated heterocycles. The van der Waals surface area contributed by atoms with Gasteiger partial charge in [-0.1, -0.05) is 8.93 Å². The molecule has 0 aromatic carbocycles. The van der Waals surface area contributed by atoms with E-state index in [0.717, 1.165) is 19.0 Å². The number of methoxy groups -OCH3 is 2. The van der Waals surface area contributed by atoms with Crippen molar-refractivity contribution in [3.8, 4) is 0 Å². The van der Waals surface area contributed by atoms with Gasteiger partial charge in [-0.05, 0) is 21.2 Å². The van der Waals surface area contributed by atoms with E-state index in [4.69, 9.17) is 9.47 Å². The Hall–Kier alpha value is 0.960. The van der Waals surface area contributed by atoms with E-state index >= 15 is 0 Å². The Kier molecular flexibility index (Phi) is 9.84. The fourth-order valence-corrected chi connectivity index (χ4v) is 2.16. The summed E-state index contributed by atoms with van der Waals surface area (Å²) in [5.74, 6) is 0.984. The molecular formula is C6H14INO2S. The van der Waals surface area contributed by atoms with E-state index in [1.165, 1.54) is 0 Å². The summed E-state index contributed by atoms with van der Waals surface area (Å²) in [7, 11) is 5.18. The number of hydrogen-bond acceptors (Lipinski definition) is 4. The third-order valence-electron chi connectivity index (χ3n) is 1.15. The van der Waals surface area contributed by atoms with Gasteiger partial charge in [-0.15, -0.1) is 0 Å². The summed E-state index contributed by atoms with van der Waals surface area (Å²) in [4.78, 5) is 2.18. The lowest BCUT2D eigenvalue weighted by atomic mass is 10.6. The maximum absolute atomic E-state index is 5.01. The van der Waals surface area contributed by atoms with Crippen molar-refractivity contribution in [3.63, 3.8) is 0 Å². The van der Waals surface area contributed by atoms with E-state index in [-0.39, 0.29) is 0 Å². The molecule has 0 saturated carbocycles. The number of halogens is 1. The van der Waals surface area contributed by atoms with Crippen LogP contribution in [0.3, 0.4) is 0 Å². The van der Waals surface area contributed by atoms with Crippen molar-refractivity contribution in [3.05, 3.63) is 0 Å². The van der Waals surface area contributed by atoms with Crippen LogP contribution in [0.2, 0.25) is 0 Å². The topological polar surface area (TPSA) is 21.7 Å². The second-order valence-corrected chi connectivity index (χ2v) is 4.39. The summed E-state index contributed by atoms with van der Waals surface area (Å²) in [5, 5.41) is 0. The van der Waals surface area contributed by atoms with Gasteiger partial charge in [-0.3, -0.25) is 4.90 Å². The molecule has 0 aliphatic rings. The van der Waals surface area contributed by atoms with Crippen LogP contribution in [0.25, 0.3) is 0 Å². The first-order valence-corrected chi connectivity index (χ1v) is 6.81. The van der Waals surface area contributed by atoms with Gasteiger partial charge in [-0.2, -0.15) is 0 Å². The molecule has 0 heterocycles. The van der Waals surface area contributed by atoms with Gasteiger partial charge >= 0.3 is 0 Å². The number of nitrogens with zero attached hydrogens (tertiary/aromatic N) is 1. The Morgan fingerprint density at radius 2 is 2.09 bits per heavy atom. The zero-order chi connectivity index (χ0) is 8.53. The molecule has 0 spiro atoms. The molecule has 0 aliphatic heterocycles. The molecule has 11 heavy (non-hydrogen) atoms. The molecule has 0 aromatic rings. The number of ether oxygens (including phenoxy) is 2. The third kappa shape index (κ3) is 7.32. The molecule has 68 valence electrons. The Morgan fingerprint density at radius 3 is 2.55 bits per heavy atom. The van der Waals surface area contributed by atoms with Crippen LogP contribution in [-0.2, 0) is 9.47 Å². The Bertz CT molecular complexity index is 81.0. The molecule has 0 N–H and O–H groups in total. The van der Waals surface area contributed by atoms with E-state index < -0.39 is 0 Å². The van der Waals surface area contributed by atoms with Crippen molar-refractivity contribution in [1.29, 1.82) is 0 Å². The maximum atomic E-state index is 5.01. The molecule has 0 radical (unpaired) electrons. The highest BCUT2D eigenvalue weighted by Gasteiger charge is 2.01. The minimum Gasteiger partial charge on any atom is -0.383 e. The van der Waals surface area contributed by atoms with E-state index in [0.29, 0.717) is 6.73 Å². The van der Waals surface area contributed by atoms with E-state index in [1.54, 1.807) is 23.2 Å². The van der Waals surface area contributed by atoms with Crippen LogP contribution < -0.4 is 0 Å². The van der Waals surface area contributed by atoms with E-state index in [1.807, 2.05) is 0 Å². The van der Waals surface area contributed by atoms with Gasteiger partial charge in [0.05, 0.1) is 19.2 Å². The molecule has 0 rings (SSSR count). The highest BCUT2D eigenvalue weighted by atomic mass is 127. The van der Waals surface area contributed by atoms with Crippen LogP contribution in [0, 0.1) is 0 Å². The fourth-order valence-electron chi connectivity index (χ4n) is 0.638. The van der Waals surface area contributed by atoms with Crippen molar-refractivity contribution in [1.82, 2.24) is 4.90 Å². The maximum Gasteiger partial charge on any atom is 0.0994 e. The first kappa shape index (κ1) is 12.0. The quantitative estimate of drug-likeness (QED) is 0.524. The Balaban J connectivity index is 3.34. The summed E-state index contributed by atoms with van der Waals surface area (Å²) >= 11 is 2.27. The predicted molar refractivity (Wildman–Crippen MR) is 56.9 cm³/mol. The zero-order valence-corrected chi connectivity index (χ0v) is 9.85. The Labute approximate surface area is 84.4 Å². The van der Waals surface area contributed by atoms with Crippen LogP contribution >= 0.6 is 30.1 Å². The fraction of sp³-hybridized carbons (Fsp3) is 1.00. The third-order valence-corrected chi connectivity index (χ3v) is 2.45. The van der Waals surface area contributed by atoms with Crippen LogP contribution in [0.15, 0.2) is 0 Å². The normalized spacial score (nSPS) is 10.9. The van der Waals surface area contributed by atoms with Crippen molar-refractivity contribution in [2.75, 3.05) is 40.0 Å². The van der Waals surface area contributed by atoms with Crippen LogP contribution in [0.5, 0.6) is 0 Å². The molecule has 0 unspecified atom stereocenters. The summed E-state index contributed by atoms with van der Waals surface area (Å²) < 4.78 is 9.96. The molecular weight excluding hydrogens is 277 g/mol. The minimum atomic E-state index is 0.680. The van der Waals surface area contributed by atoms with E-state index in [2.05, 4.69) is 26.1 Å². The summed E-state index contributed by atoms with van der Waals surface area (Å²) in [6.45, 7) is 2.38. The second kappa shape index (κ2) is 9.05. The predicted octanol–water partition coefficient (Wildman–Crippen LogP) is 1.58. The average molecular weight is 291 g/mol. The summed E-state index contributed by atoms with van der Waals surface area (Å²) in [6, 6.07) is 0. The lowest BCUT2D eigenvalue weighted by molar-refractivity contribution is 0.0573. The molecule has 5 heteroatoms. The van der Waals surface area contributed by atoms with Crippen LogP contribution in [0.4, 0.5) is 0 Å². The monoisotopic (exact) mass is 291 g/mol. The van der Waals surface area contributed by atoms with Crippen molar-refractivity contribution in [2.24, 2.45) is 0 Å². The van der Waals surface area contributed by atoms with Gasteiger partial charge in [0.1, 0.15) is 0 Å². The average Bonchev–Trinajstić information content (AvgIpc) is 2.01. The van der Waals surface area contributed by atoms with E-state index in [9.17, 15) is 0 Å². The highest BCUT2D eigenvalue weighted by molar-refractivity contribution is 14.2. The minimum absolute atomic E-state index is 0.680. The summed E-state index contributed by atoms with van der Waals surface area (Å²) in [5.41, 5.74) is 0. The Morgan fingerprint density at radius 1 is 1.36 bits per heavy atom. The lowest BCUT2D eigenvalue weighted by Crippen LogP contribution is -2.28. The van der Waals surface area contributed by atoms with Crippen LogP contribution in [-0.4, -0.2) is 44.9 Å². The van der Waals surface area contributed by atoms with Crippen molar-refractivity contribution < 1.29 is 9.47 Å². The van der Waals surface area contributed by atoms with Gasteiger partial charge in [0.25, 0.3) is 0 Å². The standard InChI is InChI=1S/C6H14INO2S/c1-9-4-3-8(5-10-2)6-11-7/h3-6H2,1-2H3. The molecule has 0 fully saturated rings. The lowest BCUT2D eigenvalue weighted by Gasteiger charge is -2.18. The highest BCUT2D eigenvalue weighted by Crippen LogP contribution is 2.12. The first-order valence-electron chi connectivity index (χ1n) is 3.29. The largest absolute Gasteiger partial charge is 0.383 e. The molecule has 0 amide bonds. The molecule has 0 bridgehead atoms. The zero-order valence-electron chi connectivity index (χ0n) is 6.88. The number of hydrogen-bond donors (Lipinski definition) is 0. The SMILES string of the molecule is COCCN(COC)CSI. The van der Waals surface area contributed by atoms with Crippen molar-refractivity contribution >= 4 is 30.1 Å². The van der Waals surface area contributed by atoms with Crippen LogP contribution in [0.1, 0.15) is 0 Å². The van der Waals surface area contributed by atoms with Crippen molar-refractivity contribution in [2.45, 2.75) is 0 Å². The van der Waals surface area contributed by atoms with Gasteiger partial charge in [-0.25, -0.2) is 0 Å². The molecule has 0 aromatic heterocycles. The molecule has 3 nitrogen and oxygen atoms in total. The van der Waals surface area contributed by atoms with Gasteiger partial charge in [0.15, 0.2) is 0 Å². The van der Waals surface area contributed by atoms with Gasteiger partial charge in [0.2, 0.25) is 0 Å². The molecule has 0 aliphatic carbocycles. The second-order valence-electron chi connectivity index (χ2n) is 2.04. The first-order chi connectivity index (χ1) is 5.35. The number of rotatable bonds is 7. The summed E-state index contributed by atoms with van der Waals surface area (Å²) in [6.07, 6.45) is 0.